The van der Waals surface area contributed by atoms with Gasteiger partial charge in [-0.15, -0.1) is 0 Å². The first-order valence-corrected chi connectivity index (χ1v) is 9.25. The summed E-state index contributed by atoms with van der Waals surface area (Å²) in [4.78, 5) is 4.01. The number of aromatic nitrogens is 2. The van der Waals surface area contributed by atoms with E-state index in [9.17, 15) is 8.60 Å². The minimum absolute atomic E-state index is 0.165. The molecule has 1 atom stereocenters. The second-order valence-electron chi connectivity index (χ2n) is 4.02. The zero-order chi connectivity index (χ0) is 16.8. The van der Waals surface area contributed by atoms with Crippen molar-refractivity contribution in [3.63, 3.8) is 0 Å². The summed E-state index contributed by atoms with van der Waals surface area (Å²) in [7, 11) is -2.42. The van der Waals surface area contributed by atoms with Crippen LogP contribution in [0.4, 0.5) is 4.39 Å². The van der Waals surface area contributed by atoms with Crippen LogP contribution < -0.4 is 0 Å². The first-order chi connectivity index (χ1) is 10.0. The Hall–Kier alpha value is 0.440. The van der Waals surface area contributed by atoms with Gasteiger partial charge in [0.2, 0.25) is 0 Å². The van der Waals surface area contributed by atoms with Gasteiger partial charge in [-0.2, -0.15) is 4.39 Å². The smallest absolute Gasteiger partial charge is 0.287 e. The highest BCUT2D eigenvalue weighted by Crippen LogP contribution is 2.39. The molecule has 0 N–H and O–H groups in total. The van der Waals surface area contributed by atoms with Crippen LogP contribution in [-0.2, 0) is 10.8 Å². The molecule has 1 heterocycles. The Bertz CT molecular complexity index is 754. The fourth-order valence-corrected chi connectivity index (χ4v) is 4.78. The normalized spacial score (nSPS) is 13.5. The molecule has 1 unspecified atom stereocenters. The molecule has 1 aromatic carbocycles. The Labute approximate surface area is 161 Å². The van der Waals surface area contributed by atoms with Gasteiger partial charge in [-0.05, 0) is 35.0 Å². The van der Waals surface area contributed by atoms with Crippen molar-refractivity contribution in [1.82, 2.24) is 9.55 Å². The van der Waals surface area contributed by atoms with E-state index in [4.69, 9.17) is 58.0 Å². The molecule has 1 aromatic heterocycles. The van der Waals surface area contributed by atoms with Crippen LogP contribution in [0.15, 0.2) is 21.8 Å². The topological polar surface area (TPSA) is 34.9 Å². The summed E-state index contributed by atoms with van der Waals surface area (Å²) in [6.45, 7) is 1.59. The zero-order valence-corrected chi connectivity index (χ0v) is 16.7. The fourth-order valence-electron chi connectivity index (χ4n) is 1.72. The number of aryl methyl sites for hydroxylation is 1. The lowest BCUT2D eigenvalue weighted by atomic mass is 10.3. The third kappa shape index (κ3) is 3.58. The van der Waals surface area contributed by atoms with E-state index in [0.29, 0.717) is 16.5 Å². The highest BCUT2D eigenvalue weighted by Gasteiger charge is 2.37. The molecule has 3 nitrogen and oxygen atoms in total. The lowest BCUT2D eigenvalue weighted by molar-refractivity contribution is 0.496. The van der Waals surface area contributed by atoms with Crippen molar-refractivity contribution >= 4 is 84.7 Å². The van der Waals surface area contributed by atoms with Gasteiger partial charge in [0.05, 0.1) is 15.7 Å². The second kappa shape index (κ2) is 6.75. The number of halogens is 7. The standard InChI is InChI=1S/C11H5BrCl5FN2OS/c1-4-19-10(22(21)11(16,17)18)9(12)20(4)8-6(14)2-5(13)3-7(8)15/h2-3H,1H3. The summed E-state index contributed by atoms with van der Waals surface area (Å²) in [6.07, 6.45) is 0. The molecule has 120 valence electrons. The van der Waals surface area contributed by atoms with Gasteiger partial charge in [-0.3, -0.25) is 4.57 Å². The van der Waals surface area contributed by atoms with E-state index < -0.39 is 14.7 Å². The van der Waals surface area contributed by atoms with Gasteiger partial charge in [0, 0.05) is 5.02 Å². The molecule has 0 amide bonds. The van der Waals surface area contributed by atoms with Crippen LogP contribution in [0.25, 0.3) is 5.69 Å². The minimum Gasteiger partial charge on any atom is -0.287 e. The molecule has 0 aliphatic carbocycles. The number of nitrogens with zero attached hydrogens (tertiary/aromatic N) is 2. The van der Waals surface area contributed by atoms with Gasteiger partial charge in [0.15, 0.2) is 5.03 Å². The van der Waals surface area contributed by atoms with Crippen LogP contribution in [0.1, 0.15) is 5.82 Å². The Morgan fingerprint density at radius 1 is 1.27 bits per heavy atom. The van der Waals surface area contributed by atoms with Crippen molar-refractivity contribution in [3.8, 4) is 5.69 Å². The molecular formula is C11H5BrCl5FN2OS. The van der Waals surface area contributed by atoms with Crippen LogP contribution in [0.5, 0.6) is 0 Å². The number of benzene rings is 1. The quantitative estimate of drug-likeness (QED) is 0.491. The predicted octanol–water partition coefficient (Wildman–Crippen LogP) is 6.07. The van der Waals surface area contributed by atoms with E-state index in [1.54, 1.807) is 6.92 Å². The average molecular weight is 489 g/mol. The average Bonchev–Trinajstić information content (AvgIpc) is 2.63. The van der Waals surface area contributed by atoms with Gasteiger partial charge in [-0.1, -0.05) is 58.0 Å². The number of imidazole rings is 1. The summed E-state index contributed by atoms with van der Waals surface area (Å²) < 4.78 is 24.1. The molecule has 0 aliphatic rings. The van der Waals surface area contributed by atoms with E-state index in [1.165, 1.54) is 16.7 Å². The molecule has 0 saturated heterocycles. The van der Waals surface area contributed by atoms with Gasteiger partial charge in [-0.25, -0.2) is 9.19 Å². The van der Waals surface area contributed by atoms with Gasteiger partial charge < -0.3 is 0 Å². The Kier molecular flexibility index (Phi) is 5.76. The molecule has 2 aromatic rings. The molecule has 11 heteroatoms. The van der Waals surface area contributed by atoms with Crippen LogP contribution in [0.3, 0.4) is 0 Å². The Morgan fingerprint density at radius 2 is 1.77 bits per heavy atom. The van der Waals surface area contributed by atoms with Gasteiger partial charge in [0.25, 0.3) is 0 Å². The summed E-state index contributed by atoms with van der Waals surface area (Å²) >= 11 is 31.8. The van der Waals surface area contributed by atoms with E-state index in [0.717, 1.165) is 0 Å². The number of hydrogen-bond donors (Lipinski definition) is 0. The van der Waals surface area contributed by atoms with Crippen LogP contribution >= 0.6 is 73.9 Å². The summed E-state index contributed by atoms with van der Waals surface area (Å²) in [5.41, 5.74) is 0.349. The largest absolute Gasteiger partial charge is 0.338 e. The molecule has 0 radical (unpaired) electrons. The SMILES string of the molecule is Cc1nc(S(=O)C(F)(Cl)Cl)c(Br)n1-c1c(Cl)cc(Cl)cc1Cl. The fraction of sp³-hybridized carbons (Fsp3) is 0.182. The van der Waals surface area contributed by atoms with Gasteiger partial charge >= 0.3 is 3.92 Å². The summed E-state index contributed by atoms with van der Waals surface area (Å²) in [6, 6.07) is 2.96. The number of rotatable bonds is 3. The van der Waals surface area contributed by atoms with Crippen molar-refractivity contribution in [1.29, 1.82) is 0 Å². The van der Waals surface area contributed by atoms with E-state index >= 15 is 0 Å². The van der Waals surface area contributed by atoms with Crippen molar-refractivity contribution in [2.45, 2.75) is 15.9 Å². The highest BCUT2D eigenvalue weighted by molar-refractivity contribution is 9.10. The first kappa shape index (κ1) is 18.8. The Morgan fingerprint density at radius 3 is 2.23 bits per heavy atom. The second-order valence-corrected chi connectivity index (χ2v) is 9.19. The van der Waals surface area contributed by atoms with E-state index in [2.05, 4.69) is 20.9 Å². The number of hydrogen-bond acceptors (Lipinski definition) is 2. The minimum atomic E-state index is -2.98. The van der Waals surface area contributed by atoms with Crippen LogP contribution in [-0.4, -0.2) is 17.7 Å². The molecule has 0 bridgehead atoms. The van der Waals surface area contributed by atoms with Crippen molar-refractivity contribution in [3.05, 3.63) is 37.6 Å². The molecule has 0 spiro atoms. The molecular weight excluding hydrogens is 484 g/mol. The van der Waals surface area contributed by atoms with Crippen molar-refractivity contribution in [2.24, 2.45) is 0 Å². The maximum absolute atomic E-state index is 13.5. The van der Waals surface area contributed by atoms with Crippen LogP contribution in [0, 0.1) is 6.92 Å². The molecule has 2 rings (SSSR count). The lowest BCUT2D eigenvalue weighted by Gasteiger charge is -2.12. The molecule has 0 fully saturated rings. The predicted molar refractivity (Wildman–Crippen MR) is 93.0 cm³/mol. The third-order valence-corrected chi connectivity index (χ3v) is 6.24. The highest BCUT2D eigenvalue weighted by atomic mass is 79.9. The lowest BCUT2D eigenvalue weighted by Crippen LogP contribution is -2.14. The third-order valence-electron chi connectivity index (χ3n) is 2.55. The van der Waals surface area contributed by atoms with Crippen LogP contribution in [0.2, 0.25) is 15.1 Å². The maximum Gasteiger partial charge on any atom is 0.338 e. The summed E-state index contributed by atoms with van der Waals surface area (Å²) in [5, 5.41) is 0.645. The molecule has 22 heavy (non-hydrogen) atoms. The van der Waals surface area contributed by atoms with Crippen molar-refractivity contribution in [2.75, 3.05) is 0 Å². The van der Waals surface area contributed by atoms with Crippen molar-refractivity contribution < 1.29 is 8.60 Å². The Balaban J connectivity index is 2.70. The zero-order valence-electron chi connectivity index (χ0n) is 10.5. The molecule has 0 saturated carbocycles. The van der Waals surface area contributed by atoms with E-state index in [-0.39, 0.29) is 19.7 Å². The monoisotopic (exact) mass is 486 g/mol. The van der Waals surface area contributed by atoms with E-state index in [1.807, 2.05) is 0 Å². The first-order valence-electron chi connectivity index (χ1n) is 5.42. The number of alkyl halides is 3. The van der Waals surface area contributed by atoms with Gasteiger partial charge in [0.1, 0.15) is 21.2 Å². The maximum atomic E-state index is 13.5. The molecule has 0 aliphatic heterocycles. The summed E-state index contributed by atoms with van der Waals surface area (Å²) in [5.74, 6) is 0.346.